The topological polar surface area (TPSA) is 35.5 Å². The molecule has 4 aliphatic rings. The van der Waals surface area contributed by atoms with Gasteiger partial charge in [-0.1, -0.05) is 130 Å². The molecule has 0 aromatic rings. The minimum absolute atomic E-state index is 0.00695. The van der Waals surface area contributed by atoms with Crippen LogP contribution >= 0.6 is 0 Å². The molecule has 0 unspecified atom stereocenters. The van der Waals surface area contributed by atoms with Crippen LogP contribution in [0.15, 0.2) is 11.6 Å². The number of carbonyl (C=O) groups excluding carboxylic acids is 1. The second kappa shape index (κ2) is 16.5. The van der Waals surface area contributed by atoms with Crippen molar-refractivity contribution in [3.63, 3.8) is 0 Å². The van der Waals surface area contributed by atoms with E-state index in [1.54, 1.807) is 5.57 Å². The molecule has 8 atom stereocenters. The molecule has 0 radical (unpaired) electrons. The number of hydrogen-bond acceptors (Lipinski definition) is 3. The van der Waals surface area contributed by atoms with Gasteiger partial charge in [0.15, 0.2) is 0 Å². The number of hydrogen-bond donors (Lipinski definition) is 0. The Balaban J connectivity index is 1.19. The fraction of sp³-hybridized carbons (Fsp3) is 0.925. The van der Waals surface area contributed by atoms with Crippen molar-refractivity contribution < 1.29 is 14.3 Å². The molecule has 43 heavy (non-hydrogen) atoms. The molecule has 4 aliphatic carbocycles. The van der Waals surface area contributed by atoms with Gasteiger partial charge in [0.1, 0.15) is 6.10 Å². The smallest absolute Gasteiger partial charge is 0.434 e. The van der Waals surface area contributed by atoms with Crippen molar-refractivity contribution in [1.82, 2.24) is 0 Å². The molecular formula is C40H70O3. The molecule has 0 saturated heterocycles. The number of rotatable bonds is 17. The fourth-order valence-corrected chi connectivity index (χ4v) is 10.7. The van der Waals surface area contributed by atoms with Gasteiger partial charge in [-0.05, 0) is 97.7 Å². The van der Waals surface area contributed by atoms with Crippen LogP contribution < -0.4 is 0 Å². The van der Waals surface area contributed by atoms with E-state index in [2.05, 4.69) is 47.6 Å². The van der Waals surface area contributed by atoms with E-state index in [4.69, 9.17) is 9.47 Å². The zero-order valence-electron chi connectivity index (χ0n) is 29.4. The summed E-state index contributed by atoms with van der Waals surface area (Å²) in [5, 5.41) is 0. The average Bonchev–Trinajstić information content (AvgIpc) is 3.33. The first-order valence-electron chi connectivity index (χ1n) is 19.2. The standard InChI is InChI=1S/C40H70O3/c1-7-8-9-10-11-12-13-14-15-16-28-42-38(41)43-33-24-26-39(5)32(29-33)20-21-34-36-23-22-35(31(4)19-17-18-30(2)3)40(36,6)27-25-37(34)39/h20,30-31,33-37H,7-19,21-29H2,1-6H3/t31-,33+,34-,35+,36-,37-,39-,40+/m0/s1. The van der Waals surface area contributed by atoms with E-state index in [-0.39, 0.29) is 6.10 Å². The van der Waals surface area contributed by atoms with Gasteiger partial charge in [0.2, 0.25) is 0 Å². The number of unbranched alkanes of at least 4 members (excludes halogenated alkanes) is 9. The van der Waals surface area contributed by atoms with Crippen molar-refractivity contribution in [1.29, 1.82) is 0 Å². The molecule has 0 aromatic heterocycles. The van der Waals surface area contributed by atoms with Crippen LogP contribution in [0.1, 0.15) is 176 Å². The minimum atomic E-state index is -0.438. The van der Waals surface area contributed by atoms with Gasteiger partial charge in [0.05, 0.1) is 6.61 Å². The van der Waals surface area contributed by atoms with Crippen molar-refractivity contribution in [3.05, 3.63) is 11.6 Å². The van der Waals surface area contributed by atoms with Crippen molar-refractivity contribution >= 4 is 6.16 Å². The highest BCUT2D eigenvalue weighted by Gasteiger charge is 2.59. The number of allylic oxidation sites excluding steroid dienone is 1. The molecule has 0 N–H and O–H groups in total. The highest BCUT2D eigenvalue weighted by molar-refractivity contribution is 5.60. The van der Waals surface area contributed by atoms with E-state index < -0.39 is 6.16 Å². The van der Waals surface area contributed by atoms with Crippen molar-refractivity contribution in [2.24, 2.45) is 46.3 Å². The molecule has 3 nitrogen and oxygen atoms in total. The molecule has 0 spiro atoms. The Bertz CT molecular complexity index is 877. The van der Waals surface area contributed by atoms with E-state index in [9.17, 15) is 4.79 Å². The van der Waals surface area contributed by atoms with Crippen LogP contribution in [0.25, 0.3) is 0 Å². The largest absolute Gasteiger partial charge is 0.508 e. The van der Waals surface area contributed by atoms with Crippen LogP contribution in [0.3, 0.4) is 0 Å². The first-order chi connectivity index (χ1) is 20.7. The molecule has 0 aromatic carbocycles. The first kappa shape index (κ1) is 34.9. The summed E-state index contributed by atoms with van der Waals surface area (Å²) in [6.45, 7) is 15.4. The summed E-state index contributed by atoms with van der Waals surface area (Å²) in [5.74, 6) is 5.17. The minimum Gasteiger partial charge on any atom is -0.434 e. The van der Waals surface area contributed by atoms with Gasteiger partial charge in [-0.15, -0.1) is 0 Å². The summed E-state index contributed by atoms with van der Waals surface area (Å²) in [5.41, 5.74) is 2.43. The van der Waals surface area contributed by atoms with Crippen LogP contribution in [0.2, 0.25) is 0 Å². The van der Waals surface area contributed by atoms with Crippen LogP contribution in [-0.2, 0) is 9.47 Å². The van der Waals surface area contributed by atoms with Crippen molar-refractivity contribution in [3.8, 4) is 0 Å². The molecule has 248 valence electrons. The lowest BCUT2D eigenvalue weighted by Gasteiger charge is -2.58. The second-order valence-corrected chi connectivity index (χ2v) is 16.6. The Hall–Kier alpha value is -0.990. The van der Waals surface area contributed by atoms with Gasteiger partial charge in [-0.3, -0.25) is 0 Å². The van der Waals surface area contributed by atoms with E-state index >= 15 is 0 Å². The first-order valence-corrected chi connectivity index (χ1v) is 19.2. The molecule has 0 heterocycles. The van der Waals surface area contributed by atoms with Gasteiger partial charge in [0, 0.05) is 6.42 Å². The fourth-order valence-electron chi connectivity index (χ4n) is 10.7. The normalized spacial score (nSPS) is 34.2. The van der Waals surface area contributed by atoms with Gasteiger partial charge >= 0.3 is 6.16 Å². The maximum Gasteiger partial charge on any atom is 0.508 e. The predicted octanol–water partition coefficient (Wildman–Crippen LogP) is 12.5. The monoisotopic (exact) mass is 599 g/mol. The Morgan fingerprint density at radius 3 is 2.23 bits per heavy atom. The zero-order chi connectivity index (χ0) is 30.9. The molecule has 3 fully saturated rings. The summed E-state index contributed by atoms with van der Waals surface area (Å²) < 4.78 is 11.4. The van der Waals surface area contributed by atoms with Crippen LogP contribution in [0.5, 0.6) is 0 Å². The van der Waals surface area contributed by atoms with Crippen LogP contribution in [0.4, 0.5) is 4.79 Å². The lowest BCUT2D eigenvalue weighted by molar-refractivity contribution is -0.0617. The van der Waals surface area contributed by atoms with Crippen LogP contribution in [-0.4, -0.2) is 18.9 Å². The third-order valence-corrected chi connectivity index (χ3v) is 13.2. The van der Waals surface area contributed by atoms with E-state index in [0.717, 1.165) is 67.6 Å². The average molecular weight is 599 g/mol. The van der Waals surface area contributed by atoms with Gasteiger partial charge in [-0.25, -0.2) is 4.79 Å². The highest BCUT2D eigenvalue weighted by atomic mass is 16.7. The zero-order valence-corrected chi connectivity index (χ0v) is 29.4. The van der Waals surface area contributed by atoms with E-state index in [1.807, 2.05) is 0 Å². The number of ether oxygens (including phenoxy) is 2. The SMILES string of the molecule is CCCCCCCCCCCCOC(=O)O[C@@H]1CC[C@@]2(C)C(=CC[C@H]3[C@@H]4CC[C@H]([C@@H](C)CCCC(C)C)[C@@]4(C)CC[C@@H]32)C1. The Morgan fingerprint density at radius 1 is 0.837 bits per heavy atom. The maximum absolute atomic E-state index is 12.5. The third kappa shape index (κ3) is 8.84. The molecule has 4 rings (SSSR count). The molecule has 3 heteroatoms. The lowest BCUT2D eigenvalue weighted by Crippen LogP contribution is -2.51. The summed E-state index contributed by atoms with van der Waals surface area (Å²) in [6.07, 6.45) is 29.3. The van der Waals surface area contributed by atoms with Gasteiger partial charge in [-0.2, -0.15) is 0 Å². The summed E-state index contributed by atoms with van der Waals surface area (Å²) in [6, 6.07) is 0. The number of fused-ring (bicyclic) bond motifs is 5. The second-order valence-electron chi connectivity index (χ2n) is 16.6. The Kier molecular flexibility index (Phi) is 13.4. The third-order valence-electron chi connectivity index (χ3n) is 13.2. The summed E-state index contributed by atoms with van der Waals surface area (Å²) in [4.78, 5) is 12.5. The molecule has 0 bridgehead atoms. The Morgan fingerprint density at radius 2 is 1.53 bits per heavy atom. The van der Waals surface area contributed by atoms with Gasteiger partial charge in [0.25, 0.3) is 0 Å². The molecule has 0 amide bonds. The van der Waals surface area contributed by atoms with Crippen LogP contribution in [0, 0.1) is 46.3 Å². The summed E-state index contributed by atoms with van der Waals surface area (Å²) in [7, 11) is 0. The molecular weight excluding hydrogens is 528 g/mol. The van der Waals surface area contributed by atoms with E-state index in [1.165, 1.54) is 103 Å². The predicted molar refractivity (Wildman–Crippen MR) is 181 cm³/mol. The number of carbonyl (C=O) groups is 1. The van der Waals surface area contributed by atoms with Gasteiger partial charge < -0.3 is 9.47 Å². The Labute approximate surface area is 267 Å². The molecule has 0 aliphatic heterocycles. The van der Waals surface area contributed by atoms with E-state index in [0.29, 0.717) is 17.4 Å². The lowest BCUT2D eigenvalue weighted by atomic mass is 9.47. The summed E-state index contributed by atoms with van der Waals surface area (Å²) >= 11 is 0. The molecule has 3 saturated carbocycles. The van der Waals surface area contributed by atoms with Crippen molar-refractivity contribution in [2.75, 3.05) is 6.61 Å². The quantitative estimate of drug-likeness (QED) is 0.0949. The maximum atomic E-state index is 12.5. The highest BCUT2D eigenvalue weighted by Crippen LogP contribution is 2.67. The van der Waals surface area contributed by atoms with Crippen molar-refractivity contribution in [2.45, 2.75) is 182 Å².